The highest BCUT2D eigenvalue weighted by Crippen LogP contribution is 2.40. The molecule has 29 heavy (non-hydrogen) atoms. The first-order valence-electron chi connectivity index (χ1n) is 9.97. The third-order valence-corrected chi connectivity index (χ3v) is 5.87. The lowest BCUT2D eigenvalue weighted by Gasteiger charge is -2.34. The second-order valence-electron chi connectivity index (χ2n) is 8.90. The monoisotopic (exact) mass is 426 g/mol. The van der Waals surface area contributed by atoms with Gasteiger partial charge in [0.25, 0.3) is 0 Å². The predicted molar refractivity (Wildman–Crippen MR) is 119 cm³/mol. The van der Waals surface area contributed by atoms with Crippen molar-refractivity contribution in [3.63, 3.8) is 0 Å². The number of amides is 1. The minimum absolute atomic E-state index is 0. The SMILES string of the molecule is COCC(N)C(=O)NC(C)(CCCc1ccccc1)B1OC(C)(C)C(C)(C)O1.Cl. The summed E-state index contributed by atoms with van der Waals surface area (Å²) in [5.41, 5.74) is 5.55. The molecule has 3 N–H and O–H groups in total. The molecule has 1 amide bonds. The molecule has 0 radical (unpaired) electrons. The van der Waals surface area contributed by atoms with Crippen molar-refractivity contribution in [2.45, 2.75) is 76.6 Å². The molecule has 0 aliphatic carbocycles. The third kappa shape index (κ3) is 6.43. The number of hydrogen-bond acceptors (Lipinski definition) is 5. The number of carbonyl (C=O) groups is 1. The van der Waals surface area contributed by atoms with Crippen LogP contribution >= 0.6 is 12.4 Å². The van der Waals surface area contributed by atoms with Gasteiger partial charge in [-0.2, -0.15) is 0 Å². The molecule has 6 nitrogen and oxygen atoms in total. The van der Waals surface area contributed by atoms with Gasteiger partial charge in [-0.25, -0.2) is 0 Å². The summed E-state index contributed by atoms with van der Waals surface area (Å²) < 4.78 is 17.5. The topological polar surface area (TPSA) is 82.8 Å². The molecule has 1 heterocycles. The minimum atomic E-state index is -0.735. The van der Waals surface area contributed by atoms with E-state index in [4.69, 9.17) is 19.8 Å². The number of carbonyl (C=O) groups excluding carboxylic acids is 1. The van der Waals surface area contributed by atoms with Crippen molar-refractivity contribution in [1.29, 1.82) is 0 Å². The van der Waals surface area contributed by atoms with Gasteiger partial charge < -0.3 is 25.1 Å². The van der Waals surface area contributed by atoms with Gasteiger partial charge in [-0.1, -0.05) is 30.3 Å². The summed E-state index contributed by atoms with van der Waals surface area (Å²) in [4.78, 5) is 12.6. The molecule has 1 aliphatic rings. The Balaban J connectivity index is 0.00000420. The summed E-state index contributed by atoms with van der Waals surface area (Å²) in [6.45, 7) is 10.2. The number of hydrogen-bond donors (Lipinski definition) is 2. The van der Waals surface area contributed by atoms with Gasteiger partial charge in [0.1, 0.15) is 6.04 Å². The van der Waals surface area contributed by atoms with E-state index in [0.29, 0.717) is 6.42 Å². The Morgan fingerprint density at radius 1 is 1.21 bits per heavy atom. The molecule has 1 saturated heterocycles. The molecule has 1 aliphatic heterocycles. The van der Waals surface area contributed by atoms with Gasteiger partial charge in [0.05, 0.1) is 23.2 Å². The average Bonchev–Trinajstić information content (AvgIpc) is 2.84. The quantitative estimate of drug-likeness (QED) is 0.593. The lowest BCUT2D eigenvalue weighted by molar-refractivity contribution is -0.124. The van der Waals surface area contributed by atoms with Crippen LogP contribution in [0.3, 0.4) is 0 Å². The zero-order valence-corrected chi connectivity index (χ0v) is 19.3. The molecule has 2 atom stereocenters. The Morgan fingerprint density at radius 3 is 2.28 bits per heavy atom. The van der Waals surface area contributed by atoms with Gasteiger partial charge in [-0.15, -0.1) is 12.4 Å². The standard InChI is InChI=1S/C21H35BN2O4.ClH/c1-19(2)20(3,4)28-22(27-19)21(5,24-18(25)17(23)15-26-6)14-10-13-16-11-8-7-9-12-16;/h7-9,11-12,17H,10,13-15,23H2,1-6H3,(H,24,25);1H. The van der Waals surface area contributed by atoms with E-state index in [1.54, 1.807) is 0 Å². The summed E-state index contributed by atoms with van der Waals surface area (Å²) >= 11 is 0. The summed E-state index contributed by atoms with van der Waals surface area (Å²) in [5, 5.41) is 3.09. The Bertz CT molecular complexity index is 643. The summed E-state index contributed by atoms with van der Waals surface area (Å²) in [7, 11) is 0.965. The van der Waals surface area contributed by atoms with Crippen molar-refractivity contribution in [3.8, 4) is 0 Å². The molecule has 0 spiro atoms. The van der Waals surface area contributed by atoms with Crippen LogP contribution in [0.15, 0.2) is 30.3 Å². The van der Waals surface area contributed by atoms with Crippen LogP contribution < -0.4 is 11.1 Å². The van der Waals surface area contributed by atoms with Crippen LogP contribution in [-0.2, 0) is 25.3 Å². The molecular formula is C21H36BClN2O4. The van der Waals surface area contributed by atoms with E-state index in [1.807, 2.05) is 52.8 Å². The molecule has 2 rings (SSSR count). The third-order valence-electron chi connectivity index (χ3n) is 5.87. The molecule has 8 heteroatoms. The zero-order chi connectivity index (χ0) is 21.0. The van der Waals surface area contributed by atoms with Gasteiger partial charge in [-0.05, 0) is 59.4 Å². The van der Waals surface area contributed by atoms with Crippen LogP contribution in [0.25, 0.3) is 0 Å². The Kier molecular flexibility index (Phi) is 9.18. The maximum Gasteiger partial charge on any atom is 0.484 e. The maximum atomic E-state index is 12.6. The Hall–Kier alpha value is -1.12. The maximum absolute atomic E-state index is 12.6. The molecule has 0 aromatic heterocycles. The fraction of sp³-hybridized carbons (Fsp3) is 0.667. The first-order valence-corrected chi connectivity index (χ1v) is 9.97. The Morgan fingerprint density at radius 2 is 1.76 bits per heavy atom. The number of methoxy groups -OCH3 is 1. The van der Waals surface area contributed by atoms with Gasteiger partial charge in [0.15, 0.2) is 0 Å². The molecule has 1 fully saturated rings. The number of aryl methyl sites for hydroxylation is 1. The van der Waals surface area contributed by atoms with Crippen molar-refractivity contribution >= 4 is 25.4 Å². The molecule has 1 aromatic rings. The van der Waals surface area contributed by atoms with Gasteiger partial charge in [0.2, 0.25) is 5.91 Å². The van der Waals surface area contributed by atoms with Crippen molar-refractivity contribution in [1.82, 2.24) is 5.32 Å². The Labute approximate surface area is 181 Å². The highest BCUT2D eigenvalue weighted by atomic mass is 35.5. The fourth-order valence-electron chi connectivity index (χ4n) is 3.28. The lowest BCUT2D eigenvalue weighted by atomic mass is 9.62. The molecular weight excluding hydrogens is 391 g/mol. The van der Waals surface area contributed by atoms with Crippen molar-refractivity contribution in [2.24, 2.45) is 5.73 Å². The first-order chi connectivity index (χ1) is 13.0. The smallest absolute Gasteiger partial charge is 0.402 e. The van der Waals surface area contributed by atoms with Crippen molar-refractivity contribution < 1.29 is 18.8 Å². The highest BCUT2D eigenvalue weighted by molar-refractivity contribution is 6.50. The second kappa shape index (κ2) is 10.3. The largest absolute Gasteiger partial charge is 0.484 e. The van der Waals surface area contributed by atoms with Crippen LogP contribution in [0, 0.1) is 0 Å². The first kappa shape index (κ1) is 25.9. The number of ether oxygens (including phenoxy) is 1. The van der Waals surface area contributed by atoms with E-state index in [-0.39, 0.29) is 24.9 Å². The average molecular weight is 427 g/mol. The normalized spacial score (nSPS) is 20.4. The van der Waals surface area contributed by atoms with E-state index in [2.05, 4.69) is 17.4 Å². The van der Waals surface area contributed by atoms with E-state index < -0.39 is 29.8 Å². The number of nitrogens with two attached hydrogens (primary N) is 1. The van der Waals surface area contributed by atoms with E-state index in [9.17, 15) is 4.79 Å². The van der Waals surface area contributed by atoms with E-state index >= 15 is 0 Å². The summed E-state index contributed by atoms with van der Waals surface area (Å²) in [5.74, 6) is -0.265. The second-order valence-corrected chi connectivity index (χ2v) is 8.90. The zero-order valence-electron chi connectivity index (χ0n) is 18.5. The number of halogens is 1. The number of nitrogens with one attached hydrogen (secondary N) is 1. The van der Waals surface area contributed by atoms with Gasteiger partial charge in [0, 0.05) is 7.11 Å². The van der Waals surface area contributed by atoms with Crippen LogP contribution in [0.5, 0.6) is 0 Å². The molecule has 2 unspecified atom stereocenters. The number of rotatable bonds is 9. The minimum Gasteiger partial charge on any atom is -0.402 e. The van der Waals surface area contributed by atoms with E-state index in [1.165, 1.54) is 12.7 Å². The molecule has 1 aromatic carbocycles. The predicted octanol–water partition coefficient (Wildman–Crippen LogP) is 2.91. The van der Waals surface area contributed by atoms with Crippen LogP contribution in [0.2, 0.25) is 0 Å². The summed E-state index contributed by atoms with van der Waals surface area (Å²) in [6.07, 6.45) is 2.49. The van der Waals surface area contributed by atoms with E-state index in [0.717, 1.165) is 12.8 Å². The van der Waals surface area contributed by atoms with Crippen LogP contribution in [-0.4, -0.2) is 49.4 Å². The van der Waals surface area contributed by atoms with Crippen LogP contribution in [0.4, 0.5) is 0 Å². The van der Waals surface area contributed by atoms with Gasteiger partial charge in [-0.3, -0.25) is 4.79 Å². The van der Waals surface area contributed by atoms with Crippen molar-refractivity contribution in [3.05, 3.63) is 35.9 Å². The van der Waals surface area contributed by atoms with Crippen LogP contribution in [0.1, 0.15) is 53.0 Å². The lowest BCUT2D eigenvalue weighted by Crippen LogP contribution is -2.61. The summed E-state index contributed by atoms with van der Waals surface area (Å²) in [6, 6.07) is 9.57. The molecule has 0 saturated carbocycles. The molecule has 0 bridgehead atoms. The fourth-order valence-corrected chi connectivity index (χ4v) is 3.28. The highest BCUT2D eigenvalue weighted by Gasteiger charge is 2.58. The van der Waals surface area contributed by atoms with Crippen molar-refractivity contribution in [2.75, 3.05) is 13.7 Å². The molecule has 164 valence electrons. The van der Waals surface area contributed by atoms with Gasteiger partial charge >= 0.3 is 7.12 Å². The number of benzene rings is 1.